The number of aldehydes is 1. The van der Waals surface area contributed by atoms with Gasteiger partial charge in [-0.25, -0.2) is 4.79 Å². The van der Waals surface area contributed by atoms with E-state index in [0.717, 1.165) is 0 Å². The zero-order chi connectivity index (χ0) is 22.2. The minimum Gasteiger partial charge on any atom is -0.444 e. The highest BCUT2D eigenvalue weighted by Gasteiger charge is 2.26. The summed E-state index contributed by atoms with van der Waals surface area (Å²) in [6, 6.07) is 4.05. The van der Waals surface area contributed by atoms with E-state index >= 15 is 0 Å². The van der Waals surface area contributed by atoms with E-state index in [1.165, 1.54) is 24.3 Å². The quantitative estimate of drug-likeness (QED) is 0.368. The smallest absolute Gasteiger partial charge is 0.408 e. The first-order valence-corrected chi connectivity index (χ1v) is 9.39. The van der Waals surface area contributed by atoms with Gasteiger partial charge in [-0.05, 0) is 45.1 Å². The summed E-state index contributed by atoms with van der Waals surface area (Å²) in [7, 11) is 0. The van der Waals surface area contributed by atoms with E-state index in [1.807, 2.05) is 13.8 Å². The fourth-order valence-electron chi connectivity index (χ4n) is 2.58. The Hall–Kier alpha value is -2.97. The summed E-state index contributed by atoms with van der Waals surface area (Å²) in [6.45, 7) is 8.97. The summed E-state index contributed by atoms with van der Waals surface area (Å²) in [5.74, 6) is -0.381. The first-order chi connectivity index (χ1) is 13.4. The molecule has 160 valence electrons. The fraction of sp³-hybridized carbons (Fsp3) is 0.550. The van der Waals surface area contributed by atoms with E-state index in [-0.39, 0.29) is 18.0 Å². The van der Waals surface area contributed by atoms with Gasteiger partial charge in [0.05, 0.1) is 11.0 Å². The first-order valence-electron chi connectivity index (χ1n) is 9.39. The molecule has 0 bridgehead atoms. The van der Waals surface area contributed by atoms with Gasteiger partial charge in [0, 0.05) is 12.1 Å². The van der Waals surface area contributed by atoms with E-state index < -0.39 is 34.6 Å². The van der Waals surface area contributed by atoms with Gasteiger partial charge in [0.1, 0.15) is 17.9 Å². The Bertz CT molecular complexity index is 725. The number of benzene rings is 1. The Labute approximate surface area is 170 Å². The molecule has 0 aliphatic rings. The molecule has 0 fully saturated rings. The molecular formula is C20H29N3O6. The van der Waals surface area contributed by atoms with Crippen LogP contribution in [0.3, 0.4) is 0 Å². The second-order valence-corrected chi connectivity index (χ2v) is 8.21. The van der Waals surface area contributed by atoms with Crippen LogP contribution in [-0.2, 0) is 20.7 Å². The molecule has 0 aromatic heterocycles. The molecule has 1 aromatic carbocycles. The molecule has 2 atom stereocenters. The predicted octanol–water partition coefficient (Wildman–Crippen LogP) is 2.76. The van der Waals surface area contributed by atoms with E-state index in [0.29, 0.717) is 18.3 Å². The number of alkyl carbamates (subject to hydrolysis) is 1. The van der Waals surface area contributed by atoms with Crippen LogP contribution in [-0.4, -0.2) is 40.9 Å². The molecule has 2 N–H and O–H groups in total. The van der Waals surface area contributed by atoms with E-state index in [1.54, 1.807) is 20.8 Å². The number of nitro groups is 1. The molecule has 0 aliphatic carbocycles. The summed E-state index contributed by atoms with van der Waals surface area (Å²) in [6.07, 6.45) is 0.429. The summed E-state index contributed by atoms with van der Waals surface area (Å²) in [4.78, 5) is 46.4. The molecule has 0 saturated carbocycles. The standard InChI is InChI=1S/C20H29N3O6/c1-13(2)10-17(22-19(26)29-20(3,4)5)18(25)21-15(12-24)11-14-6-8-16(9-7-14)23(27)28/h6-9,12-13,15,17H,10-11H2,1-5H3,(H,21,25)(H,22,26)/t15-,17+/m0/s1. The SMILES string of the molecule is CC(C)C[C@@H](NC(=O)OC(C)(C)C)C(=O)N[C@H](C=O)Cc1ccc([N+](=O)[O-])cc1. The summed E-state index contributed by atoms with van der Waals surface area (Å²) in [5, 5.41) is 15.9. The molecule has 0 unspecified atom stereocenters. The zero-order valence-electron chi connectivity index (χ0n) is 17.4. The number of ether oxygens (including phenoxy) is 1. The van der Waals surface area contributed by atoms with Crippen molar-refractivity contribution >= 4 is 24.0 Å². The monoisotopic (exact) mass is 407 g/mol. The maximum Gasteiger partial charge on any atom is 0.408 e. The fourth-order valence-corrected chi connectivity index (χ4v) is 2.58. The first kappa shape index (κ1) is 24.1. The maximum absolute atomic E-state index is 12.7. The van der Waals surface area contributed by atoms with Gasteiger partial charge in [-0.15, -0.1) is 0 Å². The Morgan fingerprint density at radius 2 is 1.76 bits per heavy atom. The van der Waals surface area contributed by atoms with Gasteiger partial charge in [0.25, 0.3) is 5.69 Å². The van der Waals surface area contributed by atoms with Crippen LogP contribution in [0.5, 0.6) is 0 Å². The highest BCUT2D eigenvalue weighted by atomic mass is 16.6. The third-order valence-electron chi connectivity index (χ3n) is 3.81. The van der Waals surface area contributed by atoms with Crippen molar-refractivity contribution in [3.8, 4) is 0 Å². The average Bonchev–Trinajstić information content (AvgIpc) is 2.58. The number of rotatable bonds is 9. The molecule has 0 heterocycles. The van der Waals surface area contributed by atoms with Crippen molar-refractivity contribution in [1.29, 1.82) is 0 Å². The topological polar surface area (TPSA) is 128 Å². The number of nitrogens with zero attached hydrogens (tertiary/aromatic N) is 1. The predicted molar refractivity (Wildman–Crippen MR) is 107 cm³/mol. The second-order valence-electron chi connectivity index (χ2n) is 8.21. The molecule has 1 aromatic rings. The minimum absolute atomic E-state index is 0.0565. The van der Waals surface area contributed by atoms with Gasteiger partial charge in [-0.3, -0.25) is 14.9 Å². The third-order valence-corrected chi connectivity index (χ3v) is 3.81. The van der Waals surface area contributed by atoms with Crippen molar-refractivity contribution in [3.05, 3.63) is 39.9 Å². The number of amides is 2. The van der Waals surface area contributed by atoms with Gasteiger partial charge in [0.2, 0.25) is 5.91 Å². The lowest BCUT2D eigenvalue weighted by Crippen LogP contribution is -2.51. The van der Waals surface area contributed by atoms with Gasteiger partial charge in [-0.2, -0.15) is 0 Å². The molecule has 9 heteroatoms. The lowest BCUT2D eigenvalue weighted by molar-refractivity contribution is -0.384. The van der Waals surface area contributed by atoms with E-state index in [2.05, 4.69) is 10.6 Å². The molecule has 0 saturated heterocycles. The molecule has 0 spiro atoms. The molecular weight excluding hydrogens is 378 g/mol. The van der Waals surface area contributed by atoms with Gasteiger partial charge in [0.15, 0.2) is 0 Å². The van der Waals surface area contributed by atoms with Crippen molar-refractivity contribution in [2.75, 3.05) is 0 Å². The Kier molecular flexibility index (Phi) is 8.75. The second kappa shape index (κ2) is 10.5. The molecule has 1 rings (SSSR count). The van der Waals surface area contributed by atoms with Crippen LogP contribution in [0.15, 0.2) is 24.3 Å². The summed E-state index contributed by atoms with van der Waals surface area (Å²) < 4.78 is 5.20. The minimum atomic E-state index is -0.857. The van der Waals surface area contributed by atoms with Crippen LogP contribution in [0.1, 0.15) is 46.6 Å². The van der Waals surface area contributed by atoms with Crippen molar-refractivity contribution in [2.45, 2.75) is 65.1 Å². The Balaban J connectivity index is 2.79. The Morgan fingerprint density at radius 1 is 1.17 bits per heavy atom. The third kappa shape index (κ3) is 9.18. The molecule has 29 heavy (non-hydrogen) atoms. The summed E-state index contributed by atoms with van der Waals surface area (Å²) in [5.41, 5.74) is -0.100. The lowest BCUT2D eigenvalue weighted by atomic mass is 10.0. The maximum atomic E-state index is 12.7. The Morgan fingerprint density at radius 3 is 2.21 bits per heavy atom. The van der Waals surface area contributed by atoms with E-state index in [4.69, 9.17) is 4.74 Å². The normalized spacial score (nSPS) is 13.3. The number of hydrogen-bond donors (Lipinski definition) is 2. The van der Waals surface area contributed by atoms with Gasteiger partial charge < -0.3 is 20.2 Å². The molecule has 0 radical (unpaired) electrons. The number of nitro benzene ring substituents is 1. The molecule has 9 nitrogen and oxygen atoms in total. The van der Waals surface area contributed by atoms with Crippen LogP contribution < -0.4 is 10.6 Å². The van der Waals surface area contributed by atoms with Crippen LogP contribution in [0.4, 0.5) is 10.5 Å². The average molecular weight is 407 g/mol. The highest BCUT2D eigenvalue weighted by Crippen LogP contribution is 2.14. The number of nitrogens with one attached hydrogen (secondary N) is 2. The van der Waals surface area contributed by atoms with Crippen molar-refractivity contribution < 1.29 is 24.0 Å². The number of carbonyl (C=O) groups excluding carboxylic acids is 3. The number of hydrogen-bond acceptors (Lipinski definition) is 6. The van der Waals surface area contributed by atoms with Crippen LogP contribution in [0, 0.1) is 16.0 Å². The van der Waals surface area contributed by atoms with Gasteiger partial charge >= 0.3 is 6.09 Å². The van der Waals surface area contributed by atoms with Gasteiger partial charge in [-0.1, -0.05) is 26.0 Å². The largest absolute Gasteiger partial charge is 0.444 e. The molecule has 0 aliphatic heterocycles. The van der Waals surface area contributed by atoms with Crippen molar-refractivity contribution in [1.82, 2.24) is 10.6 Å². The van der Waals surface area contributed by atoms with E-state index in [9.17, 15) is 24.5 Å². The van der Waals surface area contributed by atoms with Crippen LogP contribution in [0.25, 0.3) is 0 Å². The van der Waals surface area contributed by atoms with Crippen LogP contribution in [0.2, 0.25) is 0 Å². The number of non-ortho nitro benzene ring substituents is 1. The highest BCUT2D eigenvalue weighted by molar-refractivity contribution is 5.87. The summed E-state index contributed by atoms with van der Waals surface area (Å²) >= 11 is 0. The van der Waals surface area contributed by atoms with Crippen molar-refractivity contribution in [3.63, 3.8) is 0 Å². The van der Waals surface area contributed by atoms with Crippen LogP contribution >= 0.6 is 0 Å². The number of carbonyl (C=O) groups is 3. The lowest BCUT2D eigenvalue weighted by Gasteiger charge is -2.25. The van der Waals surface area contributed by atoms with Crippen molar-refractivity contribution in [2.24, 2.45) is 5.92 Å². The zero-order valence-corrected chi connectivity index (χ0v) is 17.4. The molecule has 2 amide bonds.